The van der Waals surface area contributed by atoms with Crippen molar-refractivity contribution in [1.29, 1.82) is 0 Å². The molecule has 5 fully saturated rings. The van der Waals surface area contributed by atoms with E-state index in [1.165, 1.54) is 12.1 Å². The predicted octanol–water partition coefficient (Wildman–Crippen LogP) is 5.47. The number of aryl methyl sites for hydroxylation is 1. The molecule has 4 aliphatic heterocycles. The summed E-state index contributed by atoms with van der Waals surface area (Å²) in [5.74, 6) is -0.779. The molecule has 0 spiro atoms. The van der Waals surface area contributed by atoms with Gasteiger partial charge in [0.25, 0.3) is 5.91 Å². The number of likely N-dealkylation sites (tertiary alicyclic amines) is 1. The minimum absolute atomic E-state index is 0.0140. The molecule has 66 heavy (non-hydrogen) atoms. The minimum atomic E-state index is -0.746. The maximum atomic E-state index is 17.0. The van der Waals surface area contributed by atoms with Gasteiger partial charge in [0.15, 0.2) is 5.82 Å². The lowest BCUT2D eigenvalue weighted by Gasteiger charge is -2.45. The third kappa shape index (κ3) is 8.94. The van der Waals surface area contributed by atoms with Crippen LogP contribution >= 0.6 is 0 Å². The molecule has 3 aromatic heterocycles. The van der Waals surface area contributed by atoms with Crippen LogP contribution < -0.4 is 25.2 Å². The predicted molar refractivity (Wildman–Crippen MR) is 245 cm³/mol. The molecule has 4 saturated heterocycles. The quantitative estimate of drug-likeness (QED) is 0.127. The van der Waals surface area contributed by atoms with E-state index >= 15 is 8.78 Å². The van der Waals surface area contributed by atoms with Crippen LogP contribution in [0.5, 0.6) is 11.8 Å². The van der Waals surface area contributed by atoms with E-state index in [4.69, 9.17) is 14.7 Å². The number of hydrogen-bond donors (Lipinski definition) is 3. The number of carbonyl (C=O) groups is 3. The zero-order valence-corrected chi connectivity index (χ0v) is 37.5. The normalized spacial score (nSPS) is 21.5. The van der Waals surface area contributed by atoms with E-state index in [-0.39, 0.29) is 52.8 Å². The van der Waals surface area contributed by atoms with E-state index in [1.807, 2.05) is 13.0 Å². The average molecular weight is 903 g/mol. The summed E-state index contributed by atoms with van der Waals surface area (Å²) in [6, 6.07) is 8.91. The maximum Gasteiger partial charge on any atom is 0.319 e. The lowest BCUT2D eigenvalue weighted by Crippen LogP contribution is -2.56. The van der Waals surface area contributed by atoms with Crippen molar-refractivity contribution in [3.63, 3.8) is 0 Å². The number of halogens is 2. The number of carbonyl (C=O) groups excluding carboxylic acids is 3. The molecule has 2 atom stereocenters. The molecule has 5 aliphatic rings. The van der Waals surface area contributed by atoms with E-state index in [0.717, 1.165) is 96.8 Å². The molecule has 5 aromatic rings. The number of benzene rings is 2. The smallest absolute Gasteiger partial charge is 0.319 e. The largest absolute Gasteiger partial charge is 0.508 e. The highest BCUT2D eigenvalue weighted by atomic mass is 19.1. The zero-order chi connectivity index (χ0) is 45.7. The monoisotopic (exact) mass is 902 g/mol. The molecule has 2 aromatic carbocycles. The second-order valence-corrected chi connectivity index (χ2v) is 19.2. The number of piperazine rings is 1. The molecule has 1 saturated carbocycles. The van der Waals surface area contributed by atoms with Gasteiger partial charge in [0.1, 0.15) is 40.3 Å². The number of imide groups is 1. The number of aromatic hydroxyl groups is 1. The zero-order valence-electron chi connectivity index (χ0n) is 37.5. The third-order valence-electron chi connectivity index (χ3n) is 14.2. The molecule has 1 unspecified atom stereocenters. The molecule has 3 N–H and O–H groups in total. The van der Waals surface area contributed by atoms with Crippen LogP contribution in [-0.4, -0.2) is 131 Å². The standard InChI is InChI=1S/C49H56F2N10O5/c1-3-34-37(50)8-6-31-19-33(62)20-35(41(31)34)43-42(51)44-36(22-53-43)45(61-14-4-5-29(2)23-61)57-48(56-44)66-28-49(12-13-49)27-59-25-30(26-59)24-58-15-17-60(18-16-58)32-7-9-38(52-21-32)46(64)54-39-10-11-40(63)55-47(39)65/h6-9,19-22,29-30,39,62H,3-5,10-18,23-28H2,1-2H3,(H,54,64)(H,55,63,65)/t29-,39?/m0/s1. The van der Waals surface area contributed by atoms with Crippen LogP contribution in [0, 0.1) is 28.9 Å². The van der Waals surface area contributed by atoms with Crippen LogP contribution in [0.2, 0.25) is 0 Å². The average Bonchev–Trinajstić information content (AvgIpc) is 4.08. The molecular formula is C49H56F2N10O5. The highest BCUT2D eigenvalue weighted by Crippen LogP contribution is 2.48. The Morgan fingerprint density at radius 2 is 1.77 bits per heavy atom. The topological polar surface area (TPSA) is 169 Å². The Morgan fingerprint density at radius 1 is 0.955 bits per heavy atom. The summed E-state index contributed by atoms with van der Waals surface area (Å²) < 4.78 is 38.6. The van der Waals surface area contributed by atoms with Gasteiger partial charge in [-0.3, -0.25) is 29.6 Å². The Hall–Kier alpha value is -6.07. The molecule has 1 aliphatic carbocycles. The number of hydrogen-bond acceptors (Lipinski definition) is 13. The van der Waals surface area contributed by atoms with Crippen LogP contribution in [0.3, 0.4) is 0 Å². The number of rotatable bonds is 13. The highest BCUT2D eigenvalue weighted by Gasteiger charge is 2.47. The number of ether oxygens (including phenoxy) is 1. The fourth-order valence-electron chi connectivity index (χ4n) is 10.4. The fourth-order valence-corrected chi connectivity index (χ4v) is 10.4. The molecule has 10 rings (SSSR count). The van der Waals surface area contributed by atoms with E-state index in [9.17, 15) is 19.5 Å². The Morgan fingerprint density at radius 3 is 2.50 bits per heavy atom. The summed E-state index contributed by atoms with van der Waals surface area (Å²) in [7, 11) is 0. The van der Waals surface area contributed by atoms with Gasteiger partial charge in [-0.15, -0.1) is 0 Å². The second-order valence-electron chi connectivity index (χ2n) is 19.2. The number of fused-ring (bicyclic) bond motifs is 2. The van der Waals surface area contributed by atoms with E-state index in [0.29, 0.717) is 58.0 Å². The van der Waals surface area contributed by atoms with Gasteiger partial charge < -0.3 is 29.9 Å². The van der Waals surface area contributed by atoms with E-state index in [2.05, 4.69) is 47.1 Å². The van der Waals surface area contributed by atoms with Crippen LogP contribution in [0.25, 0.3) is 32.9 Å². The van der Waals surface area contributed by atoms with Gasteiger partial charge >= 0.3 is 6.01 Å². The lowest BCUT2D eigenvalue weighted by molar-refractivity contribution is -0.134. The number of nitrogens with one attached hydrogen (secondary N) is 2. The van der Waals surface area contributed by atoms with Crippen LogP contribution in [-0.2, 0) is 16.0 Å². The molecule has 346 valence electrons. The van der Waals surface area contributed by atoms with Gasteiger partial charge in [0.05, 0.1) is 23.9 Å². The number of amides is 3. The summed E-state index contributed by atoms with van der Waals surface area (Å²) in [5.41, 5.74) is 1.96. The van der Waals surface area contributed by atoms with Crippen molar-refractivity contribution in [3.05, 3.63) is 71.7 Å². The second kappa shape index (κ2) is 18.0. The first-order chi connectivity index (χ1) is 31.9. The Kier molecular flexibility index (Phi) is 11.9. The Bertz CT molecular complexity index is 2690. The van der Waals surface area contributed by atoms with Gasteiger partial charge in [-0.05, 0) is 97.0 Å². The number of anilines is 2. The van der Waals surface area contributed by atoms with Crippen LogP contribution in [0.15, 0.2) is 48.8 Å². The first-order valence-electron chi connectivity index (χ1n) is 23.4. The van der Waals surface area contributed by atoms with E-state index in [1.54, 1.807) is 30.6 Å². The van der Waals surface area contributed by atoms with Crippen LogP contribution in [0.1, 0.15) is 68.4 Å². The number of nitrogens with zero attached hydrogens (tertiary/aromatic N) is 8. The number of phenols is 1. The molecular weight excluding hydrogens is 847 g/mol. The molecule has 0 radical (unpaired) electrons. The van der Waals surface area contributed by atoms with Crippen molar-refractivity contribution in [2.75, 3.05) is 81.9 Å². The van der Waals surface area contributed by atoms with Gasteiger partial charge in [-0.2, -0.15) is 9.97 Å². The molecule has 3 amide bonds. The summed E-state index contributed by atoms with van der Waals surface area (Å²) in [6.45, 7) is 13.6. The van der Waals surface area contributed by atoms with Crippen molar-refractivity contribution in [2.24, 2.45) is 17.3 Å². The molecule has 7 heterocycles. The summed E-state index contributed by atoms with van der Waals surface area (Å²) in [5, 5.41) is 17.2. The summed E-state index contributed by atoms with van der Waals surface area (Å²) in [6.07, 6.45) is 8.30. The molecule has 0 bridgehead atoms. The van der Waals surface area contributed by atoms with Crippen molar-refractivity contribution in [3.8, 4) is 23.0 Å². The van der Waals surface area contributed by atoms with Crippen molar-refractivity contribution in [1.82, 2.24) is 40.4 Å². The maximum absolute atomic E-state index is 17.0. The molecule has 17 heteroatoms. The summed E-state index contributed by atoms with van der Waals surface area (Å²) in [4.78, 5) is 64.3. The Labute approximate surface area is 381 Å². The summed E-state index contributed by atoms with van der Waals surface area (Å²) >= 11 is 0. The lowest BCUT2D eigenvalue weighted by atomic mass is 9.94. The number of piperidine rings is 2. The number of pyridine rings is 2. The number of aromatic nitrogens is 4. The number of phenolic OH excluding ortho intramolecular Hbond substituents is 1. The third-order valence-corrected chi connectivity index (χ3v) is 14.2. The van der Waals surface area contributed by atoms with E-state index < -0.39 is 29.5 Å². The molecule has 15 nitrogen and oxygen atoms in total. The van der Waals surface area contributed by atoms with Crippen molar-refractivity contribution in [2.45, 2.75) is 64.8 Å². The van der Waals surface area contributed by atoms with Gasteiger partial charge in [-0.25, -0.2) is 13.8 Å². The van der Waals surface area contributed by atoms with Gasteiger partial charge in [0.2, 0.25) is 11.8 Å². The first-order valence-corrected chi connectivity index (χ1v) is 23.4. The minimum Gasteiger partial charge on any atom is -0.508 e. The SMILES string of the molecule is CCc1c(F)ccc2cc(O)cc(-c3ncc4c(N5CCC[C@H](C)C5)nc(OCC5(CN6CC(CN7CCN(c8ccc(C(=O)NC9CCC(=O)NC9=O)nc8)CC7)C6)CC5)nc4c3F)c12. The Balaban J connectivity index is 0.760. The fraction of sp³-hybridized carbons (Fsp3) is 0.490. The van der Waals surface area contributed by atoms with Crippen molar-refractivity contribution >= 4 is 50.9 Å². The van der Waals surface area contributed by atoms with Crippen LogP contribution in [0.4, 0.5) is 20.3 Å². The van der Waals surface area contributed by atoms with Gasteiger partial charge in [-0.1, -0.05) is 19.9 Å². The highest BCUT2D eigenvalue weighted by molar-refractivity contribution is 6.04. The van der Waals surface area contributed by atoms with Gasteiger partial charge in [0, 0.05) is 89.0 Å². The first kappa shape index (κ1) is 43.8. The van der Waals surface area contributed by atoms with Crippen molar-refractivity contribution < 1.29 is 33.0 Å².